The lowest BCUT2D eigenvalue weighted by molar-refractivity contribution is -0.138. The molecule has 2 aromatic carbocycles. The van der Waals surface area contributed by atoms with E-state index in [0.29, 0.717) is 11.1 Å². The second kappa shape index (κ2) is 7.86. The first kappa shape index (κ1) is 21.4. The van der Waals surface area contributed by atoms with Crippen LogP contribution in [-0.2, 0) is 28.3 Å². The van der Waals surface area contributed by atoms with Gasteiger partial charge >= 0.3 is 11.9 Å². The molecule has 2 N–H and O–H groups in total. The predicted octanol–water partition coefficient (Wildman–Crippen LogP) is 2.15. The highest BCUT2D eigenvalue weighted by atomic mass is 32.2. The van der Waals surface area contributed by atoms with Crippen molar-refractivity contribution in [2.45, 2.75) is 17.5 Å². The molecule has 0 bridgehead atoms. The Morgan fingerprint density at radius 1 is 1.13 bits per heavy atom. The molecule has 0 radical (unpaired) electrons. The minimum absolute atomic E-state index is 0.0954. The first-order valence-electron chi connectivity index (χ1n) is 8.49. The number of nitrogens with one attached hydrogen (secondary N) is 2. The Morgan fingerprint density at radius 2 is 1.80 bits per heavy atom. The number of oxazole rings is 1. The van der Waals surface area contributed by atoms with Gasteiger partial charge in [0.2, 0.25) is 5.91 Å². The average Bonchev–Trinajstić information content (AvgIpc) is 2.94. The van der Waals surface area contributed by atoms with Gasteiger partial charge in [-0.3, -0.25) is 14.1 Å². The Morgan fingerprint density at radius 3 is 2.43 bits per heavy atom. The summed E-state index contributed by atoms with van der Waals surface area (Å²) in [5.41, 5.74) is 1.15. The smallest absolute Gasteiger partial charge is 0.408 e. The minimum atomic E-state index is -4.50. The van der Waals surface area contributed by atoms with Crippen LogP contribution in [0.15, 0.2) is 56.6 Å². The van der Waals surface area contributed by atoms with E-state index in [1.54, 1.807) is 5.32 Å². The third-order valence-electron chi connectivity index (χ3n) is 4.13. The number of carbonyl (C=O) groups is 1. The maximum absolute atomic E-state index is 12.6. The summed E-state index contributed by atoms with van der Waals surface area (Å²) in [4.78, 5) is 23.0. The molecule has 8 nitrogen and oxygen atoms in total. The number of hydrogen-bond donors (Lipinski definition) is 2. The number of rotatable bonds is 6. The molecule has 30 heavy (non-hydrogen) atoms. The molecule has 1 amide bonds. The molecule has 0 unspecified atom stereocenters. The normalized spacial score (nSPS) is 12.1. The zero-order valence-corrected chi connectivity index (χ0v) is 16.3. The van der Waals surface area contributed by atoms with Crippen molar-refractivity contribution in [1.82, 2.24) is 9.88 Å². The summed E-state index contributed by atoms with van der Waals surface area (Å²) in [6.07, 6.45) is -4.78. The number of aromatic nitrogens is 1. The maximum atomic E-state index is 12.6. The van der Waals surface area contributed by atoms with Crippen molar-refractivity contribution >= 4 is 32.7 Å². The summed E-state index contributed by atoms with van der Waals surface area (Å²) in [5.74, 6) is -1.43. The third-order valence-corrected chi connectivity index (χ3v) is 5.51. The molecule has 12 heteroatoms. The molecule has 0 aliphatic heterocycles. The second-order valence-corrected chi connectivity index (χ2v) is 8.11. The van der Waals surface area contributed by atoms with Gasteiger partial charge in [0.25, 0.3) is 10.0 Å². The SMILES string of the molecule is Cn1c(=O)oc2ccc(S(=O)(=O)Nc3ccc(CC(=O)NCC(F)(F)F)cc3)cc21. The van der Waals surface area contributed by atoms with E-state index in [4.69, 9.17) is 4.42 Å². The summed E-state index contributed by atoms with van der Waals surface area (Å²) in [6.45, 7) is -1.42. The second-order valence-electron chi connectivity index (χ2n) is 6.43. The highest BCUT2D eigenvalue weighted by Gasteiger charge is 2.27. The Kier molecular flexibility index (Phi) is 5.61. The number of carbonyl (C=O) groups excluding carboxylic acids is 1. The van der Waals surface area contributed by atoms with Crippen molar-refractivity contribution in [2.75, 3.05) is 11.3 Å². The van der Waals surface area contributed by atoms with Crippen LogP contribution < -0.4 is 15.8 Å². The number of anilines is 1. The number of amides is 1. The number of sulfonamides is 1. The van der Waals surface area contributed by atoms with Crippen molar-refractivity contribution in [3.8, 4) is 0 Å². The standard InChI is InChI=1S/C18H16F3N3O5S/c1-24-14-9-13(6-7-15(14)29-17(24)26)30(27,28)23-12-4-2-11(3-5-12)8-16(25)22-10-18(19,20)21/h2-7,9,23H,8,10H2,1H3,(H,22,25). The fraction of sp³-hybridized carbons (Fsp3) is 0.222. The quantitative estimate of drug-likeness (QED) is 0.607. The van der Waals surface area contributed by atoms with E-state index in [-0.39, 0.29) is 22.6 Å². The van der Waals surface area contributed by atoms with Gasteiger partial charge in [-0.05, 0) is 35.9 Å². The van der Waals surface area contributed by atoms with Gasteiger partial charge in [-0.1, -0.05) is 12.1 Å². The highest BCUT2D eigenvalue weighted by molar-refractivity contribution is 7.92. The Bertz CT molecular complexity index is 1240. The van der Waals surface area contributed by atoms with E-state index in [2.05, 4.69) is 4.72 Å². The zero-order chi connectivity index (χ0) is 22.1. The molecule has 0 spiro atoms. The lowest BCUT2D eigenvalue weighted by Gasteiger charge is -2.10. The van der Waals surface area contributed by atoms with Crippen molar-refractivity contribution in [3.05, 3.63) is 58.6 Å². The Labute approximate surface area is 168 Å². The zero-order valence-electron chi connectivity index (χ0n) is 15.5. The van der Waals surface area contributed by atoms with Gasteiger partial charge < -0.3 is 9.73 Å². The summed E-state index contributed by atoms with van der Waals surface area (Å²) in [6, 6.07) is 9.57. The van der Waals surface area contributed by atoms with Crippen molar-refractivity contribution < 1.29 is 30.8 Å². The number of hydrogen-bond acceptors (Lipinski definition) is 5. The molecule has 0 saturated carbocycles. The molecule has 1 heterocycles. The Balaban J connectivity index is 1.71. The molecular weight excluding hydrogens is 427 g/mol. The lowest BCUT2D eigenvalue weighted by atomic mass is 10.1. The summed E-state index contributed by atoms with van der Waals surface area (Å²) >= 11 is 0. The van der Waals surface area contributed by atoms with E-state index < -0.39 is 34.4 Å². The molecule has 160 valence electrons. The topological polar surface area (TPSA) is 110 Å². The van der Waals surface area contributed by atoms with Gasteiger partial charge in [0, 0.05) is 12.7 Å². The number of benzene rings is 2. The first-order chi connectivity index (χ1) is 13.9. The number of fused-ring (bicyclic) bond motifs is 1. The molecule has 0 fully saturated rings. The van der Waals surface area contributed by atoms with Crippen LogP contribution in [0.5, 0.6) is 0 Å². The molecular formula is C18H16F3N3O5S. The predicted molar refractivity (Wildman–Crippen MR) is 101 cm³/mol. The van der Waals surface area contributed by atoms with Gasteiger partial charge in [-0.15, -0.1) is 0 Å². The van der Waals surface area contributed by atoms with E-state index >= 15 is 0 Å². The van der Waals surface area contributed by atoms with E-state index in [9.17, 15) is 31.2 Å². The van der Waals surface area contributed by atoms with E-state index in [1.165, 1.54) is 54.1 Å². The average molecular weight is 443 g/mol. The van der Waals surface area contributed by atoms with Crippen LogP contribution in [0.2, 0.25) is 0 Å². The largest absolute Gasteiger partial charge is 0.419 e. The molecule has 3 rings (SSSR count). The molecule has 0 aliphatic carbocycles. The number of alkyl halides is 3. The van der Waals surface area contributed by atoms with E-state index in [1.807, 2.05) is 0 Å². The highest BCUT2D eigenvalue weighted by Crippen LogP contribution is 2.21. The van der Waals surface area contributed by atoms with Crippen LogP contribution >= 0.6 is 0 Å². The number of nitrogens with zero attached hydrogens (tertiary/aromatic N) is 1. The molecule has 1 aromatic heterocycles. The maximum Gasteiger partial charge on any atom is 0.419 e. The van der Waals surface area contributed by atoms with Gasteiger partial charge in [-0.2, -0.15) is 13.2 Å². The Hall–Kier alpha value is -3.28. The van der Waals surface area contributed by atoms with E-state index in [0.717, 1.165) is 0 Å². The summed E-state index contributed by atoms with van der Waals surface area (Å²) in [7, 11) is -2.54. The molecule has 0 saturated heterocycles. The minimum Gasteiger partial charge on any atom is -0.408 e. The van der Waals surface area contributed by atoms with Gasteiger partial charge in [0.1, 0.15) is 6.54 Å². The van der Waals surface area contributed by atoms with Crippen molar-refractivity contribution in [3.63, 3.8) is 0 Å². The summed E-state index contributed by atoms with van der Waals surface area (Å²) in [5, 5.41) is 1.76. The molecule has 3 aromatic rings. The fourth-order valence-electron chi connectivity index (χ4n) is 2.63. The van der Waals surface area contributed by atoms with Gasteiger partial charge in [0.15, 0.2) is 5.58 Å². The molecule has 0 aliphatic rings. The van der Waals surface area contributed by atoms with Crippen molar-refractivity contribution in [2.24, 2.45) is 7.05 Å². The first-order valence-corrected chi connectivity index (χ1v) is 9.98. The number of aryl methyl sites for hydroxylation is 1. The monoisotopic (exact) mass is 443 g/mol. The lowest BCUT2D eigenvalue weighted by Crippen LogP contribution is -2.34. The third kappa shape index (κ3) is 5.00. The fourth-order valence-corrected chi connectivity index (χ4v) is 3.70. The molecule has 0 atom stereocenters. The number of halogens is 3. The van der Waals surface area contributed by atoms with Crippen LogP contribution in [0.3, 0.4) is 0 Å². The summed E-state index contributed by atoms with van der Waals surface area (Å²) < 4.78 is 70.0. The van der Waals surface area contributed by atoms with Crippen molar-refractivity contribution in [1.29, 1.82) is 0 Å². The van der Waals surface area contributed by atoms with Crippen LogP contribution in [0.1, 0.15) is 5.56 Å². The van der Waals surface area contributed by atoms with Crippen LogP contribution in [0.4, 0.5) is 18.9 Å². The van der Waals surface area contributed by atoms with Crippen LogP contribution in [-0.4, -0.2) is 31.6 Å². The van der Waals surface area contributed by atoms with Gasteiger partial charge in [-0.25, -0.2) is 13.2 Å². The van der Waals surface area contributed by atoms with Crippen LogP contribution in [0.25, 0.3) is 11.1 Å². The van der Waals surface area contributed by atoms with Crippen LogP contribution in [0, 0.1) is 0 Å². The van der Waals surface area contributed by atoms with Gasteiger partial charge in [0.05, 0.1) is 16.8 Å².